The maximum atomic E-state index is 12.7. The number of rotatable bonds is 1. The zero-order valence-corrected chi connectivity index (χ0v) is 8.65. The van der Waals surface area contributed by atoms with Crippen LogP contribution in [0.15, 0.2) is 24.4 Å². The Bertz CT molecular complexity index is 480. The minimum absolute atomic E-state index is 0.325. The Kier molecular flexibility index (Phi) is 2.18. The smallest absolute Gasteiger partial charge is 0.141 e. The van der Waals surface area contributed by atoms with E-state index in [0.717, 1.165) is 31.0 Å². The van der Waals surface area contributed by atoms with Gasteiger partial charge in [-0.3, -0.25) is 9.67 Å². The van der Waals surface area contributed by atoms with Crippen LogP contribution in [-0.4, -0.2) is 21.3 Å². The van der Waals surface area contributed by atoms with Gasteiger partial charge in [-0.15, -0.1) is 0 Å². The standard InChI is InChI=1S/C11H11FN4/c12-8-1-2-10(14-6-8)11-5-9-7-13-3-4-16(9)15-11/h1-2,5-6,13H,3-4,7H2. The van der Waals surface area contributed by atoms with Gasteiger partial charge in [-0.05, 0) is 18.2 Å². The van der Waals surface area contributed by atoms with Gasteiger partial charge in [-0.1, -0.05) is 0 Å². The van der Waals surface area contributed by atoms with Crippen LogP contribution in [-0.2, 0) is 13.1 Å². The van der Waals surface area contributed by atoms with Crippen molar-refractivity contribution in [2.45, 2.75) is 13.1 Å². The number of aromatic nitrogens is 3. The van der Waals surface area contributed by atoms with Gasteiger partial charge in [0.15, 0.2) is 0 Å². The van der Waals surface area contributed by atoms with Crippen LogP contribution in [0.5, 0.6) is 0 Å². The van der Waals surface area contributed by atoms with Gasteiger partial charge in [0.1, 0.15) is 11.5 Å². The summed E-state index contributed by atoms with van der Waals surface area (Å²) in [6.45, 7) is 2.63. The SMILES string of the molecule is Fc1ccc(-c2cc3n(n2)CCNC3)nc1. The summed E-state index contributed by atoms with van der Waals surface area (Å²) < 4.78 is 14.7. The molecule has 5 heteroatoms. The first-order valence-corrected chi connectivity index (χ1v) is 5.22. The Morgan fingerprint density at radius 3 is 3.00 bits per heavy atom. The molecule has 4 nitrogen and oxygen atoms in total. The first kappa shape index (κ1) is 9.47. The lowest BCUT2D eigenvalue weighted by molar-refractivity contribution is 0.476. The number of nitrogens with one attached hydrogen (secondary N) is 1. The zero-order valence-electron chi connectivity index (χ0n) is 8.65. The van der Waals surface area contributed by atoms with Crippen molar-refractivity contribution < 1.29 is 4.39 Å². The second kappa shape index (κ2) is 3.68. The van der Waals surface area contributed by atoms with Gasteiger partial charge in [0.25, 0.3) is 0 Å². The molecule has 3 heterocycles. The molecule has 16 heavy (non-hydrogen) atoms. The van der Waals surface area contributed by atoms with E-state index in [9.17, 15) is 4.39 Å². The van der Waals surface area contributed by atoms with Gasteiger partial charge in [-0.25, -0.2) is 4.39 Å². The van der Waals surface area contributed by atoms with E-state index in [1.807, 2.05) is 10.7 Å². The third-order valence-electron chi connectivity index (χ3n) is 2.66. The molecular weight excluding hydrogens is 207 g/mol. The molecule has 82 valence electrons. The number of hydrogen-bond donors (Lipinski definition) is 1. The molecule has 0 amide bonds. The lowest BCUT2D eigenvalue weighted by Crippen LogP contribution is -2.28. The predicted molar refractivity (Wildman–Crippen MR) is 57.1 cm³/mol. The molecule has 0 unspecified atom stereocenters. The van der Waals surface area contributed by atoms with Gasteiger partial charge in [0, 0.05) is 13.1 Å². The van der Waals surface area contributed by atoms with Gasteiger partial charge >= 0.3 is 0 Å². The monoisotopic (exact) mass is 218 g/mol. The second-order valence-electron chi connectivity index (χ2n) is 3.78. The molecule has 0 saturated carbocycles. The van der Waals surface area contributed by atoms with Crippen molar-refractivity contribution in [2.75, 3.05) is 6.54 Å². The average Bonchev–Trinajstić information content (AvgIpc) is 2.73. The molecule has 0 radical (unpaired) electrons. The number of pyridine rings is 1. The molecule has 0 spiro atoms. The van der Waals surface area contributed by atoms with Crippen molar-refractivity contribution in [3.05, 3.63) is 35.9 Å². The molecule has 0 fully saturated rings. The number of halogens is 1. The third-order valence-corrected chi connectivity index (χ3v) is 2.66. The quantitative estimate of drug-likeness (QED) is 0.781. The van der Waals surface area contributed by atoms with Crippen LogP contribution >= 0.6 is 0 Å². The lowest BCUT2D eigenvalue weighted by Gasteiger charge is -2.13. The van der Waals surface area contributed by atoms with Gasteiger partial charge in [0.2, 0.25) is 0 Å². The van der Waals surface area contributed by atoms with Gasteiger partial charge < -0.3 is 5.32 Å². The Morgan fingerprint density at radius 2 is 2.25 bits per heavy atom. The Labute approximate surface area is 92.1 Å². The third kappa shape index (κ3) is 1.59. The average molecular weight is 218 g/mol. The lowest BCUT2D eigenvalue weighted by atomic mass is 10.2. The van der Waals surface area contributed by atoms with Crippen LogP contribution in [0.2, 0.25) is 0 Å². The highest BCUT2D eigenvalue weighted by Crippen LogP contribution is 2.18. The maximum Gasteiger partial charge on any atom is 0.141 e. The number of nitrogens with zero attached hydrogens (tertiary/aromatic N) is 3. The van der Waals surface area contributed by atoms with E-state index in [1.165, 1.54) is 12.3 Å². The Morgan fingerprint density at radius 1 is 1.31 bits per heavy atom. The van der Waals surface area contributed by atoms with Crippen molar-refractivity contribution in [3.8, 4) is 11.4 Å². The number of hydrogen-bond acceptors (Lipinski definition) is 3. The topological polar surface area (TPSA) is 42.7 Å². The van der Waals surface area contributed by atoms with Gasteiger partial charge in [-0.2, -0.15) is 5.10 Å². The minimum Gasteiger partial charge on any atom is -0.309 e. The van der Waals surface area contributed by atoms with E-state index in [4.69, 9.17) is 0 Å². The van der Waals surface area contributed by atoms with Crippen LogP contribution < -0.4 is 5.32 Å². The molecule has 0 atom stereocenters. The minimum atomic E-state index is -0.325. The highest BCUT2D eigenvalue weighted by molar-refractivity contribution is 5.54. The molecule has 1 aliphatic heterocycles. The largest absolute Gasteiger partial charge is 0.309 e. The van der Waals surface area contributed by atoms with E-state index < -0.39 is 0 Å². The summed E-state index contributed by atoms with van der Waals surface area (Å²) in [5.74, 6) is -0.325. The zero-order chi connectivity index (χ0) is 11.0. The van der Waals surface area contributed by atoms with Crippen LogP contribution in [0.25, 0.3) is 11.4 Å². The van der Waals surface area contributed by atoms with E-state index in [0.29, 0.717) is 5.69 Å². The molecule has 1 N–H and O–H groups in total. The summed E-state index contributed by atoms with van der Waals surface area (Å²) in [6.07, 6.45) is 1.21. The summed E-state index contributed by atoms with van der Waals surface area (Å²) in [6, 6.07) is 5.04. The molecule has 2 aromatic heterocycles. The van der Waals surface area contributed by atoms with Crippen molar-refractivity contribution in [2.24, 2.45) is 0 Å². The van der Waals surface area contributed by atoms with E-state index >= 15 is 0 Å². The molecule has 0 saturated heterocycles. The van der Waals surface area contributed by atoms with Crippen molar-refractivity contribution in [1.82, 2.24) is 20.1 Å². The molecule has 2 aromatic rings. The van der Waals surface area contributed by atoms with Gasteiger partial charge in [0.05, 0.1) is 24.1 Å². The Hall–Kier alpha value is -1.75. The summed E-state index contributed by atoms with van der Waals surface area (Å²) >= 11 is 0. The normalized spacial score (nSPS) is 14.8. The fraction of sp³-hybridized carbons (Fsp3) is 0.273. The molecule has 3 rings (SSSR count). The van der Waals surface area contributed by atoms with E-state index in [1.54, 1.807) is 6.07 Å². The fourth-order valence-electron chi connectivity index (χ4n) is 1.85. The summed E-state index contributed by atoms with van der Waals surface area (Å²) in [7, 11) is 0. The van der Waals surface area contributed by atoms with E-state index in [-0.39, 0.29) is 5.82 Å². The second-order valence-corrected chi connectivity index (χ2v) is 3.78. The summed E-state index contributed by atoms with van der Waals surface area (Å²) in [4.78, 5) is 4.02. The maximum absolute atomic E-state index is 12.7. The fourth-order valence-corrected chi connectivity index (χ4v) is 1.85. The highest BCUT2D eigenvalue weighted by atomic mass is 19.1. The molecule has 0 aliphatic carbocycles. The van der Waals surface area contributed by atoms with Crippen molar-refractivity contribution >= 4 is 0 Å². The highest BCUT2D eigenvalue weighted by Gasteiger charge is 2.13. The first-order chi connectivity index (χ1) is 7.83. The molecule has 0 aromatic carbocycles. The van der Waals surface area contributed by atoms with Crippen molar-refractivity contribution in [1.29, 1.82) is 0 Å². The number of fused-ring (bicyclic) bond motifs is 1. The predicted octanol–water partition coefficient (Wildman–Crippen LogP) is 1.19. The van der Waals surface area contributed by atoms with Crippen molar-refractivity contribution in [3.63, 3.8) is 0 Å². The summed E-state index contributed by atoms with van der Waals surface area (Å²) in [5, 5.41) is 7.72. The first-order valence-electron chi connectivity index (χ1n) is 5.22. The van der Waals surface area contributed by atoms with Crippen LogP contribution in [0.1, 0.15) is 5.69 Å². The molecular formula is C11H11FN4. The molecule has 0 bridgehead atoms. The van der Waals surface area contributed by atoms with E-state index in [2.05, 4.69) is 15.4 Å². The Balaban J connectivity index is 2.00. The molecule has 1 aliphatic rings. The van der Waals surface area contributed by atoms with Crippen LogP contribution in [0, 0.1) is 5.82 Å². The van der Waals surface area contributed by atoms with Crippen LogP contribution in [0.3, 0.4) is 0 Å². The van der Waals surface area contributed by atoms with Crippen LogP contribution in [0.4, 0.5) is 4.39 Å². The summed E-state index contributed by atoms with van der Waals surface area (Å²) in [5.41, 5.74) is 2.66.